The quantitative estimate of drug-likeness (QED) is 0.373. The van der Waals surface area contributed by atoms with Crippen molar-refractivity contribution in [2.45, 2.75) is 6.54 Å². The molecule has 0 amide bonds. The van der Waals surface area contributed by atoms with E-state index in [1.807, 2.05) is 30.6 Å². The minimum Gasteiger partial charge on any atom is -0.491 e. The number of benzene rings is 1. The largest absolute Gasteiger partial charge is 0.491 e. The van der Waals surface area contributed by atoms with E-state index in [1.54, 1.807) is 30.0 Å². The van der Waals surface area contributed by atoms with E-state index >= 15 is 0 Å². The van der Waals surface area contributed by atoms with E-state index in [9.17, 15) is 4.79 Å². The number of aromatic nitrogens is 3. The summed E-state index contributed by atoms with van der Waals surface area (Å²) in [4.78, 5) is 23.1. The van der Waals surface area contributed by atoms with Gasteiger partial charge in [-0.3, -0.25) is 4.79 Å². The fourth-order valence-corrected chi connectivity index (χ4v) is 4.46. The number of nitrogens with one attached hydrogen (secondary N) is 1. The van der Waals surface area contributed by atoms with Gasteiger partial charge in [0, 0.05) is 60.2 Å². The van der Waals surface area contributed by atoms with Crippen LogP contribution in [-0.4, -0.2) is 61.2 Å². The van der Waals surface area contributed by atoms with Crippen molar-refractivity contribution >= 4 is 28.3 Å². The topological polar surface area (TPSA) is 81.6 Å². The van der Waals surface area contributed by atoms with E-state index < -0.39 is 0 Å². The molecule has 1 aliphatic heterocycles. The maximum Gasteiger partial charge on any atom is 0.251 e. The molecular formula is C26H27ClN4O4. The van der Waals surface area contributed by atoms with Crippen molar-refractivity contribution in [1.82, 2.24) is 14.5 Å². The Bertz CT molecular complexity index is 1380. The molecule has 0 saturated carbocycles. The molecule has 0 aliphatic carbocycles. The molecule has 1 fully saturated rings. The van der Waals surface area contributed by atoms with E-state index in [2.05, 4.69) is 20.9 Å². The highest BCUT2D eigenvalue weighted by molar-refractivity contribution is 6.30. The molecule has 5 rings (SSSR count). The number of pyridine rings is 2. The Kier molecular flexibility index (Phi) is 7.03. The number of H-pyrrole nitrogens is 1. The second kappa shape index (κ2) is 10.5. The average Bonchev–Trinajstić information content (AvgIpc) is 3.30. The molecule has 1 N–H and O–H groups in total. The van der Waals surface area contributed by atoms with Crippen LogP contribution in [0.15, 0.2) is 59.8 Å². The van der Waals surface area contributed by atoms with Gasteiger partial charge in [0.15, 0.2) is 0 Å². The van der Waals surface area contributed by atoms with Gasteiger partial charge in [0.1, 0.15) is 18.0 Å². The zero-order chi connectivity index (χ0) is 24.2. The monoisotopic (exact) mass is 494 g/mol. The molecule has 0 bridgehead atoms. The van der Waals surface area contributed by atoms with Crippen LogP contribution >= 0.6 is 11.6 Å². The molecule has 1 aromatic carbocycles. The van der Waals surface area contributed by atoms with Crippen molar-refractivity contribution in [3.8, 4) is 16.9 Å². The van der Waals surface area contributed by atoms with Crippen LogP contribution in [0.4, 0.5) is 5.69 Å². The third-order valence-electron chi connectivity index (χ3n) is 6.11. The van der Waals surface area contributed by atoms with Gasteiger partial charge in [-0.25, -0.2) is 4.98 Å². The van der Waals surface area contributed by atoms with Crippen molar-refractivity contribution in [2.24, 2.45) is 0 Å². The second-order valence-electron chi connectivity index (χ2n) is 8.37. The molecule has 1 aliphatic rings. The lowest BCUT2D eigenvalue weighted by atomic mass is 10.1. The molecule has 182 valence electrons. The van der Waals surface area contributed by atoms with Crippen LogP contribution in [0.25, 0.3) is 22.2 Å². The summed E-state index contributed by atoms with van der Waals surface area (Å²) in [5.41, 5.74) is 4.33. The van der Waals surface area contributed by atoms with Gasteiger partial charge in [-0.15, -0.1) is 0 Å². The Morgan fingerprint density at radius 1 is 1.14 bits per heavy atom. The number of fused-ring (bicyclic) bond motifs is 1. The van der Waals surface area contributed by atoms with Gasteiger partial charge in [0.25, 0.3) is 5.56 Å². The van der Waals surface area contributed by atoms with Crippen molar-refractivity contribution in [3.05, 3.63) is 75.9 Å². The van der Waals surface area contributed by atoms with E-state index in [0.717, 1.165) is 46.5 Å². The van der Waals surface area contributed by atoms with Gasteiger partial charge in [0.2, 0.25) is 0 Å². The predicted molar refractivity (Wildman–Crippen MR) is 137 cm³/mol. The van der Waals surface area contributed by atoms with Crippen LogP contribution in [0.2, 0.25) is 5.02 Å². The number of aromatic amines is 1. The standard InChI is InChI=1S/C26H27ClN4O4/c1-33-10-11-35-24-3-2-20(27)12-19(24)17-31-5-4-18(13-25(31)32)23-16-29-26-22(23)14-21(15-28-26)30-6-8-34-9-7-30/h2-5,12-16H,6-11,17H2,1H3,(H,28,29). The van der Waals surface area contributed by atoms with E-state index in [-0.39, 0.29) is 5.56 Å². The Morgan fingerprint density at radius 2 is 2.00 bits per heavy atom. The molecular weight excluding hydrogens is 468 g/mol. The second-order valence-corrected chi connectivity index (χ2v) is 8.80. The number of methoxy groups -OCH3 is 1. The van der Waals surface area contributed by atoms with Crippen LogP contribution in [0.1, 0.15) is 5.56 Å². The lowest BCUT2D eigenvalue weighted by Crippen LogP contribution is -2.36. The zero-order valence-corrected chi connectivity index (χ0v) is 20.3. The van der Waals surface area contributed by atoms with Gasteiger partial charge in [-0.05, 0) is 35.9 Å². The summed E-state index contributed by atoms with van der Waals surface area (Å²) >= 11 is 6.21. The number of hydrogen-bond donors (Lipinski definition) is 1. The van der Waals surface area contributed by atoms with E-state index in [0.29, 0.717) is 43.7 Å². The Balaban J connectivity index is 1.42. The molecule has 0 unspecified atom stereocenters. The fraction of sp³-hybridized carbons (Fsp3) is 0.308. The van der Waals surface area contributed by atoms with Crippen LogP contribution in [0.3, 0.4) is 0 Å². The highest BCUT2D eigenvalue weighted by atomic mass is 35.5. The molecule has 4 aromatic rings. The maximum atomic E-state index is 13.1. The first-order valence-corrected chi connectivity index (χ1v) is 11.9. The van der Waals surface area contributed by atoms with E-state index in [4.69, 9.17) is 25.8 Å². The van der Waals surface area contributed by atoms with Crippen molar-refractivity contribution in [2.75, 3.05) is 51.5 Å². The van der Waals surface area contributed by atoms with Crippen molar-refractivity contribution in [3.63, 3.8) is 0 Å². The average molecular weight is 495 g/mol. The SMILES string of the molecule is COCCOc1ccc(Cl)cc1Cn1ccc(-c2c[nH]c3ncc(N4CCOCC4)cc23)cc1=O. The van der Waals surface area contributed by atoms with Gasteiger partial charge < -0.3 is 28.7 Å². The smallest absolute Gasteiger partial charge is 0.251 e. The van der Waals surface area contributed by atoms with Gasteiger partial charge in [-0.2, -0.15) is 0 Å². The van der Waals surface area contributed by atoms with Gasteiger partial charge >= 0.3 is 0 Å². The Labute approximate surface area is 208 Å². The van der Waals surface area contributed by atoms with Crippen molar-refractivity contribution < 1.29 is 14.2 Å². The van der Waals surface area contributed by atoms with E-state index in [1.165, 1.54) is 0 Å². The normalized spacial score (nSPS) is 13.9. The molecule has 8 nitrogen and oxygen atoms in total. The number of anilines is 1. The predicted octanol–water partition coefficient (Wildman–Crippen LogP) is 3.96. The highest BCUT2D eigenvalue weighted by Gasteiger charge is 2.15. The minimum absolute atomic E-state index is 0.114. The first kappa shape index (κ1) is 23.4. The molecule has 0 radical (unpaired) electrons. The molecule has 1 saturated heterocycles. The molecule has 3 aromatic heterocycles. The highest BCUT2D eigenvalue weighted by Crippen LogP contribution is 2.30. The van der Waals surface area contributed by atoms with Gasteiger partial charge in [0.05, 0.1) is 38.2 Å². The summed E-state index contributed by atoms with van der Waals surface area (Å²) in [5.74, 6) is 0.681. The fourth-order valence-electron chi connectivity index (χ4n) is 4.26. The summed E-state index contributed by atoms with van der Waals surface area (Å²) in [5, 5.41) is 1.57. The summed E-state index contributed by atoms with van der Waals surface area (Å²) in [6, 6.07) is 11.1. The summed E-state index contributed by atoms with van der Waals surface area (Å²) < 4.78 is 18.0. The summed E-state index contributed by atoms with van der Waals surface area (Å²) in [7, 11) is 1.63. The number of hydrogen-bond acceptors (Lipinski definition) is 6. The Morgan fingerprint density at radius 3 is 2.80 bits per heavy atom. The summed E-state index contributed by atoms with van der Waals surface area (Å²) in [6.07, 6.45) is 5.58. The maximum absolute atomic E-state index is 13.1. The van der Waals surface area contributed by atoms with Crippen LogP contribution in [0.5, 0.6) is 5.75 Å². The van der Waals surface area contributed by atoms with Crippen molar-refractivity contribution in [1.29, 1.82) is 0 Å². The first-order chi connectivity index (χ1) is 17.1. The lowest BCUT2D eigenvalue weighted by Gasteiger charge is -2.28. The zero-order valence-electron chi connectivity index (χ0n) is 19.5. The third kappa shape index (κ3) is 5.19. The molecule has 0 atom stereocenters. The number of halogens is 1. The number of morpholine rings is 1. The van der Waals surface area contributed by atoms with Gasteiger partial charge in [-0.1, -0.05) is 11.6 Å². The lowest BCUT2D eigenvalue weighted by molar-refractivity contribution is 0.122. The number of ether oxygens (including phenoxy) is 3. The summed E-state index contributed by atoms with van der Waals surface area (Å²) in [6.45, 7) is 4.33. The number of rotatable bonds is 8. The van der Waals surface area contributed by atoms with Crippen LogP contribution in [0, 0.1) is 0 Å². The minimum atomic E-state index is -0.114. The molecule has 9 heteroatoms. The van der Waals surface area contributed by atoms with Crippen LogP contribution in [-0.2, 0) is 16.0 Å². The number of nitrogens with zero attached hydrogens (tertiary/aromatic N) is 3. The molecule has 4 heterocycles. The molecule has 35 heavy (non-hydrogen) atoms. The third-order valence-corrected chi connectivity index (χ3v) is 6.34. The van der Waals surface area contributed by atoms with Crippen LogP contribution < -0.4 is 15.2 Å². The Hall–Kier alpha value is -3.33. The molecule has 0 spiro atoms. The first-order valence-electron chi connectivity index (χ1n) is 11.5.